The minimum Gasteiger partial charge on any atom is -0.282 e. The minimum absolute atomic E-state index is 0.0930. The van der Waals surface area contributed by atoms with Crippen LogP contribution in [0.2, 0.25) is 0 Å². The van der Waals surface area contributed by atoms with E-state index in [0.717, 1.165) is 5.69 Å². The Morgan fingerprint density at radius 3 is 2.83 bits per heavy atom. The van der Waals surface area contributed by atoms with E-state index in [2.05, 4.69) is 15.2 Å². The topological polar surface area (TPSA) is 63.1 Å². The standard InChI is InChI=1S/C13H12N4O/c1-8-7-10(16-15-8)12-9(2)14-11-5-3-4-6-17(11)13(12)18/h3-7H,1-2H3,(H,15,16). The largest absolute Gasteiger partial charge is 0.282 e. The summed E-state index contributed by atoms with van der Waals surface area (Å²) in [6.45, 7) is 3.73. The summed E-state index contributed by atoms with van der Waals surface area (Å²) in [4.78, 5) is 16.9. The maximum atomic E-state index is 12.4. The highest BCUT2D eigenvalue weighted by Gasteiger charge is 2.13. The first-order chi connectivity index (χ1) is 8.66. The zero-order valence-electron chi connectivity index (χ0n) is 10.1. The van der Waals surface area contributed by atoms with E-state index in [1.807, 2.05) is 38.1 Å². The molecule has 3 heterocycles. The quantitative estimate of drug-likeness (QED) is 0.704. The average molecular weight is 240 g/mol. The molecule has 0 aliphatic rings. The second-order valence-corrected chi connectivity index (χ2v) is 4.24. The van der Waals surface area contributed by atoms with Crippen molar-refractivity contribution < 1.29 is 0 Å². The number of fused-ring (bicyclic) bond motifs is 1. The lowest BCUT2D eigenvalue weighted by atomic mass is 10.1. The zero-order valence-corrected chi connectivity index (χ0v) is 10.1. The van der Waals surface area contributed by atoms with Crippen LogP contribution in [-0.2, 0) is 0 Å². The van der Waals surface area contributed by atoms with Crippen molar-refractivity contribution in [3.05, 3.63) is 52.2 Å². The van der Waals surface area contributed by atoms with Gasteiger partial charge in [0.05, 0.1) is 17.0 Å². The third-order valence-electron chi connectivity index (χ3n) is 2.88. The van der Waals surface area contributed by atoms with Crippen LogP contribution in [0.15, 0.2) is 35.3 Å². The smallest absolute Gasteiger partial charge is 0.267 e. The van der Waals surface area contributed by atoms with Crippen LogP contribution in [0, 0.1) is 13.8 Å². The third kappa shape index (κ3) is 1.52. The molecule has 0 atom stereocenters. The Morgan fingerprint density at radius 1 is 1.28 bits per heavy atom. The van der Waals surface area contributed by atoms with Gasteiger partial charge in [-0.05, 0) is 32.0 Å². The summed E-state index contributed by atoms with van der Waals surface area (Å²) < 4.78 is 1.53. The number of hydrogen-bond acceptors (Lipinski definition) is 3. The van der Waals surface area contributed by atoms with Gasteiger partial charge in [0.25, 0.3) is 5.56 Å². The average Bonchev–Trinajstić information content (AvgIpc) is 2.76. The molecule has 5 heteroatoms. The van der Waals surface area contributed by atoms with Crippen molar-refractivity contribution in [1.29, 1.82) is 0 Å². The SMILES string of the molecule is Cc1cc(-c2c(C)nc3ccccn3c2=O)n[nH]1. The number of hydrogen-bond donors (Lipinski definition) is 1. The summed E-state index contributed by atoms with van der Waals surface area (Å²) in [7, 11) is 0. The maximum Gasteiger partial charge on any atom is 0.267 e. The van der Waals surface area contributed by atoms with Crippen molar-refractivity contribution in [2.45, 2.75) is 13.8 Å². The monoisotopic (exact) mass is 240 g/mol. The molecule has 0 saturated carbocycles. The van der Waals surface area contributed by atoms with Gasteiger partial charge in [0, 0.05) is 11.9 Å². The van der Waals surface area contributed by atoms with Crippen LogP contribution in [0.25, 0.3) is 16.9 Å². The van der Waals surface area contributed by atoms with Crippen molar-refractivity contribution in [3.63, 3.8) is 0 Å². The van der Waals surface area contributed by atoms with Crippen molar-refractivity contribution in [2.75, 3.05) is 0 Å². The summed E-state index contributed by atoms with van der Waals surface area (Å²) in [5.41, 5.74) is 3.35. The predicted molar refractivity (Wildman–Crippen MR) is 68.5 cm³/mol. The number of rotatable bonds is 1. The number of aryl methyl sites for hydroxylation is 2. The first-order valence-corrected chi connectivity index (χ1v) is 5.67. The number of nitrogens with zero attached hydrogens (tertiary/aromatic N) is 3. The van der Waals surface area contributed by atoms with Crippen LogP contribution in [0.3, 0.4) is 0 Å². The molecule has 1 N–H and O–H groups in total. The summed E-state index contributed by atoms with van der Waals surface area (Å²) in [6.07, 6.45) is 1.72. The fourth-order valence-corrected chi connectivity index (χ4v) is 2.04. The Hall–Kier alpha value is -2.43. The highest BCUT2D eigenvalue weighted by molar-refractivity contribution is 5.62. The van der Waals surface area contributed by atoms with Gasteiger partial charge >= 0.3 is 0 Å². The highest BCUT2D eigenvalue weighted by atomic mass is 16.1. The molecule has 0 radical (unpaired) electrons. The van der Waals surface area contributed by atoms with Gasteiger partial charge in [0.2, 0.25) is 0 Å². The molecule has 3 rings (SSSR count). The number of pyridine rings is 1. The van der Waals surface area contributed by atoms with Crippen molar-refractivity contribution in [3.8, 4) is 11.3 Å². The molecule has 0 aliphatic heterocycles. The molecule has 0 amide bonds. The van der Waals surface area contributed by atoms with E-state index in [1.54, 1.807) is 6.20 Å². The van der Waals surface area contributed by atoms with Crippen molar-refractivity contribution >= 4 is 5.65 Å². The van der Waals surface area contributed by atoms with E-state index in [0.29, 0.717) is 22.6 Å². The molecule has 90 valence electrons. The second-order valence-electron chi connectivity index (χ2n) is 4.24. The Balaban J connectivity index is 2.40. The second kappa shape index (κ2) is 3.80. The summed E-state index contributed by atoms with van der Waals surface area (Å²) in [5, 5.41) is 6.98. The minimum atomic E-state index is -0.0930. The molecule has 0 fully saturated rings. The van der Waals surface area contributed by atoms with E-state index in [1.165, 1.54) is 4.40 Å². The lowest BCUT2D eigenvalue weighted by Crippen LogP contribution is -2.18. The van der Waals surface area contributed by atoms with Gasteiger partial charge in [-0.3, -0.25) is 14.3 Å². The van der Waals surface area contributed by atoms with Gasteiger partial charge in [-0.15, -0.1) is 0 Å². The van der Waals surface area contributed by atoms with E-state index in [9.17, 15) is 4.79 Å². The van der Waals surface area contributed by atoms with E-state index in [-0.39, 0.29) is 5.56 Å². The molecule has 0 bridgehead atoms. The van der Waals surface area contributed by atoms with E-state index >= 15 is 0 Å². The van der Waals surface area contributed by atoms with Gasteiger partial charge in [0.15, 0.2) is 0 Å². The molecule has 0 unspecified atom stereocenters. The number of nitrogens with one attached hydrogen (secondary N) is 1. The van der Waals surface area contributed by atoms with Crippen LogP contribution >= 0.6 is 0 Å². The van der Waals surface area contributed by atoms with Gasteiger partial charge in [-0.25, -0.2) is 4.98 Å². The van der Waals surface area contributed by atoms with E-state index < -0.39 is 0 Å². The van der Waals surface area contributed by atoms with Gasteiger partial charge in [-0.1, -0.05) is 6.07 Å². The van der Waals surface area contributed by atoms with Gasteiger partial charge in [-0.2, -0.15) is 5.10 Å². The first kappa shape index (κ1) is 10.7. The van der Waals surface area contributed by atoms with Crippen LogP contribution in [0.1, 0.15) is 11.4 Å². The highest BCUT2D eigenvalue weighted by Crippen LogP contribution is 2.17. The van der Waals surface area contributed by atoms with Crippen LogP contribution < -0.4 is 5.56 Å². The fraction of sp³-hybridized carbons (Fsp3) is 0.154. The molecule has 3 aromatic rings. The maximum absolute atomic E-state index is 12.4. The molecule has 0 aliphatic carbocycles. The Labute approximate surface area is 103 Å². The molecule has 0 saturated heterocycles. The summed E-state index contributed by atoms with van der Waals surface area (Å²) in [6, 6.07) is 7.33. The number of H-pyrrole nitrogens is 1. The lowest BCUT2D eigenvalue weighted by molar-refractivity contribution is 1.00. The lowest BCUT2D eigenvalue weighted by Gasteiger charge is -2.05. The first-order valence-electron chi connectivity index (χ1n) is 5.67. The number of aromatic amines is 1. The summed E-state index contributed by atoms with van der Waals surface area (Å²) >= 11 is 0. The number of aromatic nitrogens is 4. The van der Waals surface area contributed by atoms with Crippen LogP contribution in [0.5, 0.6) is 0 Å². The zero-order chi connectivity index (χ0) is 12.7. The van der Waals surface area contributed by atoms with Crippen molar-refractivity contribution in [2.24, 2.45) is 0 Å². The third-order valence-corrected chi connectivity index (χ3v) is 2.88. The van der Waals surface area contributed by atoms with Crippen LogP contribution in [-0.4, -0.2) is 19.6 Å². The molecule has 3 aromatic heterocycles. The molecule has 0 spiro atoms. The fourth-order valence-electron chi connectivity index (χ4n) is 2.04. The predicted octanol–water partition coefficient (Wildman–Crippen LogP) is 1.70. The Kier molecular flexibility index (Phi) is 2.26. The van der Waals surface area contributed by atoms with Crippen molar-refractivity contribution in [1.82, 2.24) is 19.6 Å². The molecular formula is C13H12N4O. The van der Waals surface area contributed by atoms with Gasteiger partial charge < -0.3 is 0 Å². The Morgan fingerprint density at radius 2 is 2.11 bits per heavy atom. The molecule has 0 aromatic carbocycles. The van der Waals surface area contributed by atoms with Crippen LogP contribution in [0.4, 0.5) is 0 Å². The van der Waals surface area contributed by atoms with Gasteiger partial charge in [0.1, 0.15) is 5.65 Å². The molecule has 18 heavy (non-hydrogen) atoms. The molecule has 5 nitrogen and oxygen atoms in total. The summed E-state index contributed by atoms with van der Waals surface area (Å²) in [5.74, 6) is 0. The normalized spacial score (nSPS) is 11.0. The van der Waals surface area contributed by atoms with E-state index in [4.69, 9.17) is 0 Å². The Bertz CT molecular complexity index is 785. The molecular weight excluding hydrogens is 228 g/mol.